The third-order valence-electron chi connectivity index (χ3n) is 3.24. The third-order valence-corrected chi connectivity index (χ3v) is 3.24. The number of hydrogen-bond donors (Lipinski definition) is 1. The predicted octanol–water partition coefficient (Wildman–Crippen LogP) is 2.25. The molecule has 0 fully saturated rings. The molecule has 0 heterocycles. The Morgan fingerprint density at radius 2 is 1.90 bits per heavy atom. The second-order valence-electron chi connectivity index (χ2n) is 5.39. The van der Waals surface area contributed by atoms with Crippen molar-refractivity contribution in [2.24, 2.45) is 5.92 Å². The Labute approximate surface area is 121 Å². The summed E-state index contributed by atoms with van der Waals surface area (Å²) in [7, 11) is 4.01. The lowest BCUT2D eigenvalue weighted by atomic mass is 10.1. The van der Waals surface area contributed by atoms with Gasteiger partial charge in [-0.25, -0.2) is 0 Å². The van der Waals surface area contributed by atoms with Crippen molar-refractivity contribution in [3.05, 3.63) is 35.9 Å². The van der Waals surface area contributed by atoms with E-state index >= 15 is 0 Å². The molecule has 0 spiro atoms. The van der Waals surface area contributed by atoms with E-state index in [1.165, 1.54) is 6.21 Å². The summed E-state index contributed by atoms with van der Waals surface area (Å²) in [4.78, 5) is 16.4. The third kappa shape index (κ3) is 5.53. The summed E-state index contributed by atoms with van der Waals surface area (Å²) in [5.74, 6) is -0.00224. The highest BCUT2D eigenvalue weighted by atomic mass is 16.2. The molecule has 0 saturated heterocycles. The van der Waals surface area contributed by atoms with Crippen molar-refractivity contribution in [2.45, 2.75) is 19.9 Å². The van der Waals surface area contributed by atoms with Crippen molar-refractivity contribution >= 4 is 12.1 Å². The summed E-state index contributed by atoms with van der Waals surface area (Å²) in [5, 5.41) is 7.15. The fourth-order valence-electron chi connectivity index (χ4n) is 1.98. The lowest BCUT2D eigenvalue weighted by Crippen LogP contribution is -2.39. The van der Waals surface area contributed by atoms with Gasteiger partial charge in [-0.2, -0.15) is 0 Å². The normalized spacial score (nSPS) is 12.2. The molecule has 20 heavy (non-hydrogen) atoms. The van der Waals surface area contributed by atoms with Gasteiger partial charge < -0.3 is 15.2 Å². The van der Waals surface area contributed by atoms with Gasteiger partial charge in [0.15, 0.2) is 0 Å². The van der Waals surface area contributed by atoms with E-state index in [2.05, 4.69) is 4.90 Å². The monoisotopic (exact) mass is 275 g/mol. The average Bonchev–Trinajstić information content (AvgIpc) is 2.44. The van der Waals surface area contributed by atoms with Crippen LogP contribution in [0.4, 0.5) is 0 Å². The summed E-state index contributed by atoms with van der Waals surface area (Å²) >= 11 is 0. The van der Waals surface area contributed by atoms with Crippen LogP contribution in [0.1, 0.15) is 18.9 Å². The second kappa shape index (κ2) is 8.48. The number of amides is 1. The van der Waals surface area contributed by atoms with Crippen LogP contribution in [0.25, 0.3) is 0 Å². The van der Waals surface area contributed by atoms with Gasteiger partial charge in [-0.3, -0.25) is 4.79 Å². The van der Waals surface area contributed by atoms with Crippen LogP contribution in [-0.4, -0.2) is 49.1 Å². The smallest absolute Gasteiger partial charge is 0.226 e. The van der Waals surface area contributed by atoms with Gasteiger partial charge in [0.2, 0.25) is 5.91 Å². The SMILES string of the molecule is CC(CC=N)C(=O)N(CCN(C)C)Cc1ccccc1. The van der Waals surface area contributed by atoms with Crippen LogP contribution in [0.5, 0.6) is 0 Å². The van der Waals surface area contributed by atoms with E-state index in [1.54, 1.807) is 0 Å². The molecule has 0 saturated carbocycles. The lowest BCUT2D eigenvalue weighted by Gasteiger charge is -2.27. The predicted molar refractivity (Wildman–Crippen MR) is 83.0 cm³/mol. The zero-order valence-corrected chi connectivity index (χ0v) is 12.7. The number of rotatable bonds is 8. The Morgan fingerprint density at radius 1 is 1.25 bits per heavy atom. The fourth-order valence-corrected chi connectivity index (χ4v) is 1.98. The highest BCUT2D eigenvalue weighted by Crippen LogP contribution is 2.11. The van der Waals surface area contributed by atoms with Crippen molar-refractivity contribution in [1.82, 2.24) is 9.80 Å². The Hall–Kier alpha value is -1.68. The van der Waals surface area contributed by atoms with Gasteiger partial charge in [-0.05, 0) is 32.3 Å². The molecule has 1 rings (SSSR count). The molecular weight excluding hydrogens is 250 g/mol. The zero-order chi connectivity index (χ0) is 15.0. The first-order valence-corrected chi connectivity index (χ1v) is 7.01. The summed E-state index contributed by atoms with van der Waals surface area (Å²) in [5.41, 5.74) is 1.14. The van der Waals surface area contributed by atoms with Crippen LogP contribution >= 0.6 is 0 Å². The topological polar surface area (TPSA) is 47.4 Å². The van der Waals surface area contributed by atoms with E-state index in [4.69, 9.17) is 5.41 Å². The summed E-state index contributed by atoms with van der Waals surface area (Å²) in [6.45, 7) is 4.08. The Kier molecular flexibility index (Phi) is 6.94. The van der Waals surface area contributed by atoms with Gasteiger partial charge in [0.1, 0.15) is 0 Å². The maximum atomic E-state index is 12.5. The number of hydrogen-bond acceptors (Lipinski definition) is 3. The number of nitrogens with one attached hydrogen (secondary N) is 1. The fraction of sp³-hybridized carbons (Fsp3) is 0.500. The molecule has 0 bridgehead atoms. The number of carbonyl (C=O) groups is 1. The molecule has 1 aromatic rings. The maximum absolute atomic E-state index is 12.5. The Balaban J connectivity index is 2.73. The molecule has 0 radical (unpaired) electrons. The number of nitrogens with zero attached hydrogens (tertiary/aromatic N) is 2. The molecule has 1 atom stereocenters. The molecule has 0 aliphatic heterocycles. The average molecular weight is 275 g/mol. The Bertz CT molecular complexity index is 417. The number of carbonyl (C=O) groups excluding carboxylic acids is 1. The van der Waals surface area contributed by atoms with Crippen LogP contribution in [0, 0.1) is 11.3 Å². The molecule has 1 N–H and O–H groups in total. The molecule has 0 aliphatic carbocycles. The van der Waals surface area contributed by atoms with Crippen molar-refractivity contribution in [3.63, 3.8) is 0 Å². The van der Waals surface area contributed by atoms with Gasteiger partial charge in [-0.15, -0.1) is 0 Å². The van der Waals surface area contributed by atoms with Crippen LogP contribution < -0.4 is 0 Å². The highest BCUT2D eigenvalue weighted by Gasteiger charge is 2.19. The van der Waals surface area contributed by atoms with Gasteiger partial charge in [-0.1, -0.05) is 37.3 Å². The van der Waals surface area contributed by atoms with E-state index in [1.807, 2.05) is 56.3 Å². The van der Waals surface area contributed by atoms with E-state index < -0.39 is 0 Å². The van der Waals surface area contributed by atoms with Crippen LogP contribution in [0.3, 0.4) is 0 Å². The van der Waals surface area contributed by atoms with Crippen molar-refractivity contribution in [3.8, 4) is 0 Å². The number of likely N-dealkylation sites (N-methyl/N-ethyl adjacent to an activating group) is 1. The molecule has 4 heteroatoms. The van der Waals surface area contributed by atoms with E-state index in [0.29, 0.717) is 19.5 Å². The first kappa shape index (κ1) is 16.4. The van der Waals surface area contributed by atoms with E-state index in [-0.39, 0.29) is 11.8 Å². The molecular formula is C16H25N3O. The molecule has 1 amide bonds. The van der Waals surface area contributed by atoms with E-state index in [9.17, 15) is 4.79 Å². The van der Waals surface area contributed by atoms with Gasteiger partial charge in [0.05, 0.1) is 0 Å². The maximum Gasteiger partial charge on any atom is 0.226 e. The molecule has 4 nitrogen and oxygen atoms in total. The lowest BCUT2D eigenvalue weighted by molar-refractivity contribution is -0.135. The van der Waals surface area contributed by atoms with Crippen molar-refractivity contribution in [1.29, 1.82) is 5.41 Å². The van der Waals surface area contributed by atoms with Crippen molar-refractivity contribution in [2.75, 3.05) is 27.2 Å². The van der Waals surface area contributed by atoms with Crippen LogP contribution in [0.2, 0.25) is 0 Å². The summed E-state index contributed by atoms with van der Waals surface area (Å²) in [6, 6.07) is 10.0. The summed E-state index contributed by atoms with van der Waals surface area (Å²) < 4.78 is 0. The number of benzene rings is 1. The summed E-state index contributed by atoms with van der Waals surface area (Å²) in [6.07, 6.45) is 1.82. The van der Waals surface area contributed by atoms with Gasteiger partial charge in [0.25, 0.3) is 0 Å². The highest BCUT2D eigenvalue weighted by molar-refractivity contribution is 5.81. The quantitative estimate of drug-likeness (QED) is 0.740. The van der Waals surface area contributed by atoms with Crippen LogP contribution in [-0.2, 0) is 11.3 Å². The minimum Gasteiger partial charge on any atom is -0.337 e. The minimum atomic E-state index is -0.127. The zero-order valence-electron chi connectivity index (χ0n) is 12.7. The van der Waals surface area contributed by atoms with Crippen molar-refractivity contribution < 1.29 is 4.79 Å². The van der Waals surface area contributed by atoms with Gasteiger partial charge >= 0.3 is 0 Å². The first-order valence-electron chi connectivity index (χ1n) is 7.01. The molecule has 1 unspecified atom stereocenters. The van der Waals surface area contributed by atoms with E-state index in [0.717, 1.165) is 12.1 Å². The molecule has 1 aromatic carbocycles. The van der Waals surface area contributed by atoms with Crippen LogP contribution in [0.15, 0.2) is 30.3 Å². The molecule has 0 aromatic heterocycles. The Morgan fingerprint density at radius 3 is 2.45 bits per heavy atom. The second-order valence-corrected chi connectivity index (χ2v) is 5.39. The largest absolute Gasteiger partial charge is 0.337 e. The standard InChI is InChI=1S/C16H25N3O/c1-14(9-10-17)16(20)19(12-11-18(2)3)13-15-7-5-4-6-8-15/h4-8,10,14,17H,9,11-13H2,1-3H3. The molecule has 0 aliphatic rings. The minimum absolute atomic E-state index is 0.124. The van der Waals surface area contributed by atoms with Gasteiger partial charge in [0, 0.05) is 25.6 Å². The molecule has 110 valence electrons. The first-order chi connectivity index (χ1) is 9.54.